The van der Waals surface area contributed by atoms with Crippen molar-refractivity contribution in [2.45, 2.75) is 11.4 Å². The van der Waals surface area contributed by atoms with Gasteiger partial charge in [-0.05, 0) is 17.7 Å². The van der Waals surface area contributed by atoms with Crippen molar-refractivity contribution < 1.29 is 4.79 Å². The van der Waals surface area contributed by atoms with Crippen LogP contribution in [0.5, 0.6) is 0 Å². The quantitative estimate of drug-likeness (QED) is 0.566. The molecule has 7 nitrogen and oxygen atoms in total. The van der Waals surface area contributed by atoms with E-state index >= 15 is 0 Å². The predicted octanol–water partition coefficient (Wildman–Crippen LogP) is 2.16. The molecule has 0 fully saturated rings. The molecule has 1 aromatic carbocycles. The van der Waals surface area contributed by atoms with Crippen molar-refractivity contribution in [2.24, 2.45) is 7.05 Å². The van der Waals surface area contributed by atoms with Crippen LogP contribution in [0, 0.1) is 11.3 Å². The lowest BCUT2D eigenvalue weighted by atomic mass is 10.1. The standard InChI is InChI=1S/C16H14N6OS/c1-22-15-13(8-20-22)16(19-10-18-15)24-9-14(23)21-12-4-2-11(3-5-12)6-7-17/h2-5,8,10H,6,9H2,1H3,(H,21,23). The molecule has 0 radical (unpaired) electrons. The molecule has 1 amide bonds. The lowest BCUT2D eigenvalue weighted by Gasteiger charge is -2.06. The van der Waals surface area contributed by atoms with Gasteiger partial charge in [0.1, 0.15) is 11.4 Å². The zero-order valence-corrected chi connectivity index (χ0v) is 13.7. The number of aromatic nitrogens is 4. The summed E-state index contributed by atoms with van der Waals surface area (Å²) in [7, 11) is 1.81. The third kappa shape index (κ3) is 3.52. The molecule has 0 unspecified atom stereocenters. The Morgan fingerprint density at radius 2 is 2.12 bits per heavy atom. The molecule has 3 aromatic rings. The number of thioether (sulfide) groups is 1. The number of hydrogen-bond acceptors (Lipinski definition) is 6. The number of aryl methyl sites for hydroxylation is 1. The van der Waals surface area contributed by atoms with Gasteiger partial charge in [0.25, 0.3) is 0 Å². The molecule has 8 heteroatoms. The number of nitriles is 1. The van der Waals surface area contributed by atoms with Crippen LogP contribution in [0.2, 0.25) is 0 Å². The first-order chi connectivity index (χ1) is 11.7. The summed E-state index contributed by atoms with van der Waals surface area (Å²) in [4.78, 5) is 20.5. The summed E-state index contributed by atoms with van der Waals surface area (Å²) in [5.41, 5.74) is 2.36. The summed E-state index contributed by atoms with van der Waals surface area (Å²) in [5.74, 6) is 0.115. The van der Waals surface area contributed by atoms with Gasteiger partial charge < -0.3 is 5.32 Å². The number of anilines is 1. The Morgan fingerprint density at radius 1 is 1.33 bits per heavy atom. The lowest BCUT2D eigenvalue weighted by molar-refractivity contribution is -0.113. The van der Waals surface area contributed by atoms with Gasteiger partial charge in [-0.3, -0.25) is 9.48 Å². The molecule has 120 valence electrons. The van der Waals surface area contributed by atoms with E-state index in [0.717, 1.165) is 21.6 Å². The predicted molar refractivity (Wildman–Crippen MR) is 91.4 cm³/mol. The highest BCUT2D eigenvalue weighted by atomic mass is 32.2. The number of amides is 1. The van der Waals surface area contributed by atoms with Crippen LogP contribution in [-0.4, -0.2) is 31.4 Å². The Hall–Kier alpha value is -2.92. The Balaban J connectivity index is 1.62. The maximum Gasteiger partial charge on any atom is 0.234 e. The zero-order chi connectivity index (χ0) is 16.9. The van der Waals surface area contributed by atoms with Gasteiger partial charge in [-0.15, -0.1) is 0 Å². The third-order valence-corrected chi connectivity index (χ3v) is 4.36. The molecule has 2 heterocycles. The second kappa shape index (κ2) is 7.10. The minimum Gasteiger partial charge on any atom is -0.325 e. The minimum absolute atomic E-state index is 0.122. The van der Waals surface area contributed by atoms with Gasteiger partial charge in [0.05, 0.1) is 29.8 Å². The molecule has 0 aliphatic heterocycles. The van der Waals surface area contributed by atoms with Crippen molar-refractivity contribution in [3.8, 4) is 6.07 Å². The molecule has 3 rings (SSSR count). The van der Waals surface area contributed by atoms with E-state index in [1.54, 1.807) is 23.0 Å². The third-order valence-electron chi connectivity index (χ3n) is 3.35. The Kier molecular flexibility index (Phi) is 4.72. The Bertz CT molecular complexity index is 912. The van der Waals surface area contributed by atoms with E-state index in [1.807, 2.05) is 19.2 Å². The van der Waals surface area contributed by atoms with Crippen LogP contribution < -0.4 is 5.32 Å². The van der Waals surface area contributed by atoms with Gasteiger partial charge in [-0.25, -0.2) is 9.97 Å². The van der Waals surface area contributed by atoms with Crippen molar-refractivity contribution in [3.05, 3.63) is 42.4 Å². The topological polar surface area (TPSA) is 96.5 Å². The number of hydrogen-bond donors (Lipinski definition) is 1. The maximum absolute atomic E-state index is 12.1. The highest BCUT2D eigenvalue weighted by Crippen LogP contribution is 2.23. The van der Waals surface area contributed by atoms with Crippen molar-refractivity contribution in [2.75, 3.05) is 11.1 Å². The molecular formula is C16H14N6OS. The molecule has 0 saturated carbocycles. The van der Waals surface area contributed by atoms with E-state index in [0.29, 0.717) is 12.1 Å². The van der Waals surface area contributed by atoms with Crippen molar-refractivity contribution >= 4 is 34.4 Å². The molecule has 0 aliphatic carbocycles. The fourth-order valence-electron chi connectivity index (χ4n) is 2.18. The largest absolute Gasteiger partial charge is 0.325 e. The van der Waals surface area contributed by atoms with Gasteiger partial charge in [-0.1, -0.05) is 23.9 Å². The molecular weight excluding hydrogens is 324 g/mol. The van der Waals surface area contributed by atoms with Crippen LogP contribution in [0.1, 0.15) is 5.56 Å². The number of nitrogens with one attached hydrogen (secondary N) is 1. The second-order valence-corrected chi connectivity index (χ2v) is 6.02. The molecule has 1 N–H and O–H groups in total. The smallest absolute Gasteiger partial charge is 0.234 e. The second-order valence-electron chi connectivity index (χ2n) is 5.05. The molecule has 0 bridgehead atoms. The lowest BCUT2D eigenvalue weighted by Crippen LogP contribution is -2.14. The summed E-state index contributed by atoms with van der Waals surface area (Å²) in [6.07, 6.45) is 3.53. The van der Waals surface area contributed by atoms with E-state index < -0.39 is 0 Å². The van der Waals surface area contributed by atoms with Crippen molar-refractivity contribution in [1.29, 1.82) is 5.26 Å². The van der Waals surface area contributed by atoms with Crippen LogP contribution in [0.4, 0.5) is 5.69 Å². The molecule has 0 atom stereocenters. The fraction of sp³-hybridized carbons (Fsp3) is 0.188. The highest BCUT2D eigenvalue weighted by Gasteiger charge is 2.10. The van der Waals surface area contributed by atoms with Gasteiger partial charge in [0, 0.05) is 12.7 Å². The van der Waals surface area contributed by atoms with Crippen LogP contribution in [0.25, 0.3) is 11.0 Å². The number of benzene rings is 1. The fourth-order valence-corrected chi connectivity index (χ4v) is 2.94. The van der Waals surface area contributed by atoms with Crippen LogP contribution in [-0.2, 0) is 18.3 Å². The molecule has 2 aromatic heterocycles. The van der Waals surface area contributed by atoms with Gasteiger partial charge in [0.2, 0.25) is 5.91 Å². The summed E-state index contributed by atoms with van der Waals surface area (Å²) in [6, 6.07) is 9.33. The summed E-state index contributed by atoms with van der Waals surface area (Å²) in [6.45, 7) is 0. The molecule has 0 aliphatic rings. The Morgan fingerprint density at radius 3 is 2.88 bits per heavy atom. The first-order valence-electron chi connectivity index (χ1n) is 7.18. The first kappa shape index (κ1) is 16.0. The van der Waals surface area contributed by atoms with Crippen LogP contribution >= 0.6 is 11.8 Å². The highest BCUT2D eigenvalue weighted by molar-refractivity contribution is 8.00. The van der Waals surface area contributed by atoms with Crippen LogP contribution in [0.15, 0.2) is 41.8 Å². The van der Waals surface area contributed by atoms with E-state index in [-0.39, 0.29) is 11.7 Å². The zero-order valence-electron chi connectivity index (χ0n) is 12.9. The summed E-state index contributed by atoms with van der Waals surface area (Å²) in [5, 5.41) is 17.2. The summed E-state index contributed by atoms with van der Waals surface area (Å²) < 4.78 is 1.67. The number of carbonyl (C=O) groups is 1. The average Bonchev–Trinajstić information content (AvgIpc) is 2.97. The normalized spacial score (nSPS) is 10.5. The Labute approximate surface area is 142 Å². The number of nitrogens with zero attached hydrogens (tertiary/aromatic N) is 5. The molecule has 0 saturated heterocycles. The number of rotatable bonds is 5. The van der Waals surface area contributed by atoms with E-state index in [4.69, 9.17) is 5.26 Å². The van der Waals surface area contributed by atoms with Gasteiger partial charge >= 0.3 is 0 Å². The van der Waals surface area contributed by atoms with Gasteiger partial charge in [0.15, 0.2) is 5.65 Å². The van der Waals surface area contributed by atoms with E-state index in [2.05, 4.69) is 26.5 Å². The van der Waals surface area contributed by atoms with E-state index in [1.165, 1.54) is 18.1 Å². The van der Waals surface area contributed by atoms with E-state index in [9.17, 15) is 4.79 Å². The van der Waals surface area contributed by atoms with Crippen molar-refractivity contribution in [1.82, 2.24) is 19.7 Å². The summed E-state index contributed by atoms with van der Waals surface area (Å²) >= 11 is 1.34. The first-order valence-corrected chi connectivity index (χ1v) is 8.17. The van der Waals surface area contributed by atoms with Crippen LogP contribution in [0.3, 0.4) is 0 Å². The average molecular weight is 338 g/mol. The van der Waals surface area contributed by atoms with Crippen molar-refractivity contribution in [3.63, 3.8) is 0 Å². The SMILES string of the molecule is Cn1ncc2c(SCC(=O)Nc3ccc(CC#N)cc3)ncnc21. The molecule has 24 heavy (non-hydrogen) atoms. The number of carbonyl (C=O) groups excluding carboxylic acids is 1. The van der Waals surface area contributed by atoms with Gasteiger partial charge in [-0.2, -0.15) is 10.4 Å². The minimum atomic E-state index is -0.122. The monoisotopic (exact) mass is 338 g/mol. The maximum atomic E-state index is 12.1. The number of fused-ring (bicyclic) bond motifs is 1. The molecule has 0 spiro atoms.